The Balaban J connectivity index is 2.00. The van der Waals surface area contributed by atoms with Crippen molar-refractivity contribution in [2.45, 2.75) is 25.0 Å². The minimum Gasteiger partial charge on any atom is -0.376 e. The van der Waals surface area contributed by atoms with Crippen LogP contribution in [-0.2, 0) is 4.74 Å². The van der Waals surface area contributed by atoms with Crippen LogP contribution < -0.4 is 5.73 Å². The molecule has 1 saturated heterocycles. The maximum atomic E-state index is 5.98. The molecule has 2 bridgehead atoms. The molecule has 1 heterocycles. The predicted octanol–water partition coefficient (Wildman–Crippen LogP) is 0.368. The molecule has 0 aromatic heterocycles. The second kappa shape index (κ2) is 1.56. The molecule has 0 spiro atoms. The van der Waals surface area contributed by atoms with E-state index >= 15 is 0 Å². The van der Waals surface area contributed by atoms with E-state index in [4.69, 9.17) is 10.5 Å². The maximum absolute atomic E-state index is 5.98. The molecule has 10 heavy (non-hydrogen) atoms. The molecular weight excluding hydrogens is 126 g/mol. The highest BCUT2D eigenvalue weighted by Crippen LogP contribution is 2.52. The summed E-state index contributed by atoms with van der Waals surface area (Å²) in [6, 6.07) is 0.378. The number of hydrogen-bond acceptors (Lipinski definition) is 2. The maximum Gasteiger partial charge on any atom is 0.0760 e. The highest BCUT2D eigenvalue weighted by atomic mass is 16.5. The van der Waals surface area contributed by atoms with Crippen molar-refractivity contribution in [1.29, 1.82) is 0 Å². The highest BCUT2D eigenvalue weighted by Gasteiger charge is 2.55. The highest BCUT2D eigenvalue weighted by molar-refractivity contribution is 5.07. The van der Waals surface area contributed by atoms with Crippen molar-refractivity contribution in [2.75, 3.05) is 6.61 Å². The van der Waals surface area contributed by atoms with Gasteiger partial charge in [-0.15, -0.1) is 0 Å². The Kier molecular flexibility index (Phi) is 0.868. The van der Waals surface area contributed by atoms with E-state index in [-0.39, 0.29) is 0 Å². The Morgan fingerprint density at radius 1 is 1.20 bits per heavy atom. The molecule has 0 unspecified atom stereocenters. The lowest BCUT2D eigenvalue weighted by Gasteiger charge is -2.22. The normalized spacial score (nSPS) is 63.9. The second-order valence-electron chi connectivity index (χ2n) is 4.03. The van der Waals surface area contributed by atoms with Crippen LogP contribution in [-0.4, -0.2) is 18.8 Å². The summed E-state index contributed by atoms with van der Waals surface area (Å²) in [4.78, 5) is 0. The quantitative estimate of drug-likeness (QED) is 0.526. The van der Waals surface area contributed by atoms with Gasteiger partial charge in [-0.3, -0.25) is 0 Å². The minimum absolute atomic E-state index is 0.378. The van der Waals surface area contributed by atoms with E-state index in [0.717, 1.165) is 24.4 Å². The molecule has 2 saturated carbocycles. The van der Waals surface area contributed by atoms with Gasteiger partial charge in [0.15, 0.2) is 0 Å². The zero-order valence-electron chi connectivity index (χ0n) is 5.99. The fourth-order valence-corrected chi connectivity index (χ4v) is 3.13. The van der Waals surface area contributed by atoms with Gasteiger partial charge in [0.05, 0.1) is 12.7 Å². The van der Waals surface area contributed by atoms with Crippen molar-refractivity contribution in [1.82, 2.24) is 0 Å². The van der Waals surface area contributed by atoms with Gasteiger partial charge < -0.3 is 10.5 Å². The van der Waals surface area contributed by atoms with Crippen LogP contribution in [0.4, 0.5) is 0 Å². The van der Waals surface area contributed by atoms with Crippen LogP contribution in [0.1, 0.15) is 12.8 Å². The van der Waals surface area contributed by atoms with Crippen LogP contribution in [0, 0.1) is 17.8 Å². The van der Waals surface area contributed by atoms with E-state index in [9.17, 15) is 0 Å². The van der Waals surface area contributed by atoms with Gasteiger partial charge in [-0.25, -0.2) is 0 Å². The lowest BCUT2D eigenvalue weighted by molar-refractivity contribution is 0.0879. The number of fused-ring (bicyclic) bond motifs is 1. The Hall–Kier alpha value is -0.0800. The van der Waals surface area contributed by atoms with E-state index in [1.165, 1.54) is 12.8 Å². The summed E-state index contributed by atoms with van der Waals surface area (Å²) >= 11 is 0. The topological polar surface area (TPSA) is 35.2 Å². The lowest BCUT2D eigenvalue weighted by atomic mass is 9.87. The summed E-state index contributed by atoms with van der Waals surface area (Å²) in [5.74, 6) is 2.54. The van der Waals surface area contributed by atoms with Crippen LogP contribution in [0.2, 0.25) is 0 Å². The van der Waals surface area contributed by atoms with Gasteiger partial charge in [-0.1, -0.05) is 0 Å². The Labute approximate surface area is 60.7 Å². The smallest absolute Gasteiger partial charge is 0.0760 e. The van der Waals surface area contributed by atoms with Crippen molar-refractivity contribution in [2.24, 2.45) is 23.5 Å². The fourth-order valence-electron chi connectivity index (χ4n) is 3.13. The predicted molar refractivity (Wildman–Crippen MR) is 37.4 cm³/mol. The van der Waals surface area contributed by atoms with Gasteiger partial charge in [0, 0.05) is 6.04 Å². The largest absolute Gasteiger partial charge is 0.376 e. The molecule has 2 heteroatoms. The third kappa shape index (κ3) is 0.453. The molecule has 56 valence electrons. The summed E-state index contributed by atoms with van der Waals surface area (Å²) < 4.78 is 5.62. The molecule has 3 aliphatic rings. The second-order valence-corrected chi connectivity index (χ2v) is 4.03. The summed E-state index contributed by atoms with van der Waals surface area (Å²) in [7, 11) is 0. The molecule has 2 N–H and O–H groups in total. The minimum atomic E-state index is 0.378. The molecule has 2 nitrogen and oxygen atoms in total. The van der Waals surface area contributed by atoms with Crippen LogP contribution in [0.15, 0.2) is 0 Å². The number of ether oxygens (including phenoxy) is 1. The van der Waals surface area contributed by atoms with E-state index in [0.29, 0.717) is 12.1 Å². The van der Waals surface area contributed by atoms with Gasteiger partial charge in [0.2, 0.25) is 0 Å². The first kappa shape index (κ1) is 5.56. The third-order valence-electron chi connectivity index (χ3n) is 3.63. The molecule has 1 aliphatic heterocycles. The van der Waals surface area contributed by atoms with Crippen molar-refractivity contribution < 1.29 is 4.74 Å². The molecule has 0 radical (unpaired) electrons. The number of rotatable bonds is 0. The van der Waals surface area contributed by atoms with Gasteiger partial charge in [0.25, 0.3) is 0 Å². The molecule has 3 fully saturated rings. The van der Waals surface area contributed by atoms with Gasteiger partial charge in [0.1, 0.15) is 0 Å². The zero-order valence-corrected chi connectivity index (χ0v) is 5.99. The summed E-state index contributed by atoms with van der Waals surface area (Å²) in [6.07, 6.45) is 3.16. The van der Waals surface area contributed by atoms with E-state index in [2.05, 4.69) is 0 Å². The van der Waals surface area contributed by atoms with Gasteiger partial charge >= 0.3 is 0 Å². The molecule has 2 aliphatic carbocycles. The first-order chi connectivity index (χ1) is 4.86. The van der Waals surface area contributed by atoms with Crippen LogP contribution in [0.3, 0.4) is 0 Å². The average molecular weight is 139 g/mol. The van der Waals surface area contributed by atoms with Gasteiger partial charge in [-0.05, 0) is 30.6 Å². The van der Waals surface area contributed by atoms with Crippen molar-refractivity contribution in [3.63, 3.8) is 0 Å². The van der Waals surface area contributed by atoms with Crippen LogP contribution in [0.5, 0.6) is 0 Å². The Morgan fingerprint density at radius 3 is 2.80 bits per heavy atom. The molecule has 0 aromatic carbocycles. The molecule has 0 aromatic rings. The zero-order chi connectivity index (χ0) is 6.72. The first-order valence-corrected chi connectivity index (χ1v) is 4.23. The van der Waals surface area contributed by atoms with Crippen LogP contribution in [0.25, 0.3) is 0 Å². The lowest BCUT2D eigenvalue weighted by Crippen LogP contribution is -2.39. The average Bonchev–Trinajstić information content (AvgIpc) is 2.43. The van der Waals surface area contributed by atoms with E-state index in [1.807, 2.05) is 0 Å². The van der Waals surface area contributed by atoms with Crippen molar-refractivity contribution >= 4 is 0 Å². The summed E-state index contributed by atoms with van der Waals surface area (Å²) in [5.41, 5.74) is 5.98. The number of hydrogen-bond donors (Lipinski definition) is 1. The molecule has 3 rings (SSSR count). The first-order valence-electron chi connectivity index (χ1n) is 4.23. The van der Waals surface area contributed by atoms with E-state index in [1.54, 1.807) is 0 Å². The molecule has 5 atom stereocenters. The third-order valence-corrected chi connectivity index (χ3v) is 3.63. The molecular formula is C8H13NO. The fraction of sp³-hybridized carbons (Fsp3) is 1.00. The van der Waals surface area contributed by atoms with Crippen LogP contribution >= 0.6 is 0 Å². The summed E-state index contributed by atoms with van der Waals surface area (Å²) in [6.45, 7) is 1.000. The molecule has 0 amide bonds. The van der Waals surface area contributed by atoms with Crippen molar-refractivity contribution in [3.05, 3.63) is 0 Å². The SMILES string of the molecule is N[C@H]1[C@@H]2C[C@@H]3CO[C@H]1[C@H]3C2. The van der Waals surface area contributed by atoms with Gasteiger partial charge in [-0.2, -0.15) is 0 Å². The Morgan fingerprint density at radius 2 is 2.10 bits per heavy atom. The number of nitrogens with two attached hydrogens (primary N) is 1. The summed E-state index contributed by atoms with van der Waals surface area (Å²) in [5, 5.41) is 0. The Bertz CT molecular complexity index is 169. The van der Waals surface area contributed by atoms with E-state index < -0.39 is 0 Å². The standard InChI is InChI=1S/C8H13NO/c9-7-4-1-5-3-10-8(7)6(5)2-4/h4-8H,1-3,9H2/t4-,5-,6+,7+,8+/m1/s1. The van der Waals surface area contributed by atoms with Crippen molar-refractivity contribution in [3.8, 4) is 0 Å². The monoisotopic (exact) mass is 139 g/mol.